The quantitative estimate of drug-likeness (QED) is 0.554. The van der Waals surface area contributed by atoms with E-state index in [1.165, 1.54) is 19.2 Å². The summed E-state index contributed by atoms with van der Waals surface area (Å²) in [5.74, 6) is -0.914. The first-order valence-corrected chi connectivity index (χ1v) is 9.90. The summed E-state index contributed by atoms with van der Waals surface area (Å²) in [5, 5.41) is 16.8. The highest BCUT2D eigenvalue weighted by Crippen LogP contribution is 2.25. The highest BCUT2D eigenvalue weighted by molar-refractivity contribution is 7.07. The van der Waals surface area contributed by atoms with Crippen molar-refractivity contribution in [3.8, 4) is 11.5 Å². The van der Waals surface area contributed by atoms with Crippen molar-refractivity contribution in [3.63, 3.8) is 0 Å². The highest BCUT2D eigenvalue weighted by atomic mass is 32.1. The number of carbonyl (C=O) groups excluding carboxylic acids is 2. The van der Waals surface area contributed by atoms with Crippen molar-refractivity contribution >= 4 is 23.2 Å². The van der Waals surface area contributed by atoms with Crippen LogP contribution in [0.1, 0.15) is 21.5 Å². The molecule has 1 atom stereocenters. The largest absolute Gasteiger partial charge is 0.507 e. The van der Waals surface area contributed by atoms with Crippen LogP contribution in [0.4, 0.5) is 0 Å². The number of rotatable bonds is 8. The monoisotopic (exact) mass is 411 g/mol. The number of phenols is 1. The van der Waals surface area contributed by atoms with Crippen LogP contribution < -0.4 is 10.1 Å². The van der Waals surface area contributed by atoms with Crippen molar-refractivity contribution in [2.75, 3.05) is 7.11 Å². The molecule has 0 fully saturated rings. The van der Waals surface area contributed by atoms with Gasteiger partial charge in [-0.3, -0.25) is 4.79 Å². The Hall–Kier alpha value is -3.32. The zero-order valence-electron chi connectivity index (χ0n) is 15.8. The minimum atomic E-state index is -0.871. The second-order valence-electron chi connectivity index (χ2n) is 6.34. The molecule has 3 aromatic rings. The van der Waals surface area contributed by atoms with Gasteiger partial charge in [-0.15, -0.1) is 0 Å². The molecular formula is C22H21NO5S. The van der Waals surface area contributed by atoms with Gasteiger partial charge in [0.05, 0.1) is 12.7 Å². The van der Waals surface area contributed by atoms with Gasteiger partial charge in [-0.05, 0) is 40.1 Å². The minimum absolute atomic E-state index is 0.0508. The molecule has 0 aliphatic carbocycles. The van der Waals surface area contributed by atoms with Crippen molar-refractivity contribution in [3.05, 3.63) is 82.0 Å². The number of hydrogen-bond acceptors (Lipinski definition) is 6. The lowest BCUT2D eigenvalue weighted by atomic mass is 10.1. The molecule has 29 heavy (non-hydrogen) atoms. The van der Waals surface area contributed by atoms with Crippen molar-refractivity contribution in [2.24, 2.45) is 0 Å². The number of amides is 1. The number of ether oxygens (including phenoxy) is 2. The molecule has 0 aliphatic heterocycles. The lowest BCUT2D eigenvalue weighted by Crippen LogP contribution is -2.43. The molecule has 0 spiro atoms. The van der Waals surface area contributed by atoms with Gasteiger partial charge in [-0.2, -0.15) is 11.3 Å². The molecule has 3 rings (SSSR count). The summed E-state index contributed by atoms with van der Waals surface area (Å²) < 4.78 is 10.4. The molecule has 1 amide bonds. The number of aromatic hydroxyl groups is 1. The summed E-state index contributed by atoms with van der Waals surface area (Å²) in [7, 11) is 1.27. The Kier molecular flexibility index (Phi) is 6.86. The van der Waals surface area contributed by atoms with Crippen LogP contribution in [-0.4, -0.2) is 30.1 Å². The number of esters is 1. The number of carbonyl (C=O) groups is 2. The highest BCUT2D eigenvalue weighted by Gasteiger charge is 2.24. The molecule has 0 aliphatic rings. The molecule has 0 saturated carbocycles. The Balaban J connectivity index is 1.68. The van der Waals surface area contributed by atoms with Crippen molar-refractivity contribution < 1.29 is 24.2 Å². The van der Waals surface area contributed by atoms with E-state index >= 15 is 0 Å². The van der Waals surface area contributed by atoms with Crippen LogP contribution in [0, 0.1) is 0 Å². The van der Waals surface area contributed by atoms with E-state index in [0.29, 0.717) is 12.4 Å². The van der Waals surface area contributed by atoms with E-state index < -0.39 is 17.9 Å². The maximum atomic E-state index is 12.6. The first kappa shape index (κ1) is 20.4. The molecule has 0 saturated heterocycles. The Morgan fingerprint density at radius 1 is 1.10 bits per heavy atom. The van der Waals surface area contributed by atoms with E-state index in [1.54, 1.807) is 17.4 Å². The molecule has 0 radical (unpaired) electrons. The van der Waals surface area contributed by atoms with Gasteiger partial charge in [-0.1, -0.05) is 30.3 Å². The zero-order valence-corrected chi connectivity index (χ0v) is 16.6. The molecular weight excluding hydrogens is 390 g/mol. The van der Waals surface area contributed by atoms with Crippen molar-refractivity contribution in [1.29, 1.82) is 0 Å². The Morgan fingerprint density at radius 3 is 2.55 bits per heavy atom. The van der Waals surface area contributed by atoms with Crippen LogP contribution in [0.3, 0.4) is 0 Å². The number of methoxy groups -OCH3 is 1. The SMILES string of the molecule is COC(=O)C(Cc1ccccc1)NC(=O)c1ccc(OCc2ccsc2)cc1O. The van der Waals surface area contributed by atoms with Crippen LogP contribution in [0.15, 0.2) is 65.4 Å². The Morgan fingerprint density at radius 2 is 1.90 bits per heavy atom. The molecule has 2 aromatic carbocycles. The van der Waals surface area contributed by atoms with E-state index in [1.807, 2.05) is 47.2 Å². The molecule has 0 bridgehead atoms. The third-order valence-electron chi connectivity index (χ3n) is 4.27. The lowest BCUT2D eigenvalue weighted by molar-refractivity contribution is -0.142. The van der Waals surface area contributed by atoms with Gasteiger partial charge in [0.15, 0.2) is 0 Å². The Labute approximate surface area is 172 Å². The smallest absolute Gasteiger partial charge is 0.328 e. The second-order valence-corrected chi connectivity index (χ2v) is 7.12. The number of thiophene rings is 1. The van der Waals surface area contributed by atoms with Gasteiger partial charge in [0.2, 0.25) is 0 Å². The van der Waals surface area contributed by atoms with E-state index in [-0.39, 0.29) is 17.7 Å². The summed E-state index contributed by atoms with van der Waals surface area (Å²) in [6.45, 7) is 0.371. The summed E-state index contributed by atoms with van der Waals surface area (Å²) in [6.07, 6.45) is 0.280. The third kappa shape index (κ3) is 5.58. The maximum Gasteiger partial charge on any atom is 0.328 e. The van der Waals surface area contributed by atoms with E-state index in [4.69, 9.17) is 9.47 Å². The normalized spacial score (nSPS) is 11.5. The summed E-state index contributed by atoms with van der Waals surface area (Å²) >= 11 is 1.57. The van der Waals surface area contributed by atoms with Gasteiger partial charge in [0.25, 0.3) is 5.91 Å². The first-order valence-electron chi connectivity index (χ1n) is 8.96. The van der Waals surface area contributed by atoms with Crippen LogP contribution in [-0.2, 0) is 22.6 Å². The summed E-state index contributed by atoms with van der Waals surface area (Å²) in [5.41, 5.74) is 1.96. The van der Waals surface area contributed by atoms with Crippen molar-refractivity contribution in [1.82, 2.24) is 5.32 Å². The predicted octanol–water partition coefficient (Wildman–Crippen LogP) is 3.55. The first-order chi connectivity index (χ1) is 14.1. The zero-order chi connectivity index (χ0) is 20.6. The van der Waals surface area contributed by atoms with Crippen LogP contribution in [0.5, 0.6) is 11.5 Å². The number of hydrogen-bond donors (Lipinski definition) is 2. The molecule has 7 heteroatoms. The van der Waals surface area contributed by atoms with E-state index in [9.17, 15) is 14.7 Å². The molecule has 1 unspecified atom stereocenters. The van der Waals surface area contributed by atoms with Crippen LogP contribution >= 0.6 is 11.3 Å². The van der Waals surface area contributed by atoms with Crippen molar-refractivity contribution in [2.45, 2.75) is 19.1 Å². The lowest BCUT2D eigenvalue weighted by Gasteiger charge is -2.17. The molecule has 1 heterocycles. The third-order valence-corrected chi connectivity index (χ3v) is 5.01. The second kappa shape index (κ2) is 9.75. The fourth-order valence-electron chi connectivity index (χ4n) is 2.76. The predicted molar refractivity (Wildman–Crippen MR) is 110 cm³/mol. The molecule has 2 N–H and O–H groups in total. The summed E-state index contributed by atoms with van der Waals surface area (Å²) in [4.78, 5) is 24.7. The van der Waals surface area contributed by atoms with Gasteiger partial charge in [-0.25, -0.2) is 4.79 Å². The van der Waals surface area contributed by atoms with E-state index in [2.05, 4.69) is 5.32 Å². The molecule has 150 valence electrons. The molecule has 6 nitrogen and oxygen atoms in total. The van der Waals surface area contributed by atoms with Gasteiger partial charge < -0.3 is 19.9 Å². The van der Waals surface area contributed by atoms with E-state index in [0.717, 1.165) is 11.1 Å². The molecule has 1 aromatic heterocycles. The van der Waals surface area contributed by atoms with Crippen LogP contribution in [0.25, 0.3) is 0 Å². The van der Waals surface area contributed by atoms with Crippen LogP contribution in [0.2, 0.25) is 0 Å². The summed E-state index contributed by atoms with van der Waals surface area (Å²) in [6, 6.07) is 14.8. The maximum absolute atomic E-state index is 12.6. The topological polar surface area (TPSA) is 84.9 Å². The minimum Gasteiger partial charge on any atom is -0.507 e. The number of phenolic OH excluding ortho intramolecular Hbond substituents is 1. The number of benzene rings is 2. The Bertz CT molecular complexity index is 957. The fraction of sp³-hybridized carbons (Fsp3) is 0.182. The number of nitrogens with one attached hydrogen (secondary N) is 1. The average molecular weight is 411 g/mol. The van der Waals surface area contributed by atoms with Gasteiger partial charge in [0, 0.05) is 12.5 Å². The van der Waals surface area contributed by atoms with Gasteiger partial charge in [0.1, 0.15) is 24.1 Å². The average Bonchev–Trinajstić information content (AvgIpc) is 3.25. The standard InChI is InChI=1S/C22H21NO5S/c1-27-22(26)19(11-15-5-3-2-4-6-15)23-21(25)18-8-7-17(12-20(18)24)28-13-16-9-10-29-14-16/h2-10,12,14,19,24H,11,13H2,1H3,(H,23,25). The fourth-order valence-corrected chi connectivity index (χ4v) is 3.41. The van der Waals surface area contributed by atoms with Gasteiger partial charge >= 0.3 is 5.97 Å².